The molecule has 12 heteroatoms. The van der Waals surface area contributed by atoms with E-state index in [9.17, 15) is 22.8 Å². The van der Waals surface area contributed by atoms with Crippen molar-refractivity contribution in [1.82, 2.24) is 9.88 Å². The average Bonchev–Trinajstić information content (AvgIpc) is 2.86. The summed E-state index contributed by atoms with van der Waals surface area (Å²) >= 11 is 6.03. The summed E-state index contributed by atoms with van der Waals surface area (Å²) in [5.74, 6) is -0.788. The van der Waals surface area contributed by atoms with Crippen molar-refractivity contribution in [2.75, 3.05) is 16.6 Å². The maximum absolute atomic E-state index is 13.1. The molecule has 0 saturated carbocycles. The Hall–Kier alpha value is -4.09. The van der Waals surface area contributed by atoms with Gasteiger partial charge in [0.1, 0.15) is 11.4 Å². The molecule has 0 aliphatic heterocycles. The van der Waals surface area contributed by atoms with Crippen molar-refractivity contribution in [3.63, 3.8) is 0 Å². The van der Waals surface area contributed by atoms with Crippen LogP contribution in [0.3, 0.4) is 0 Å². The van der Waals surface area contributed by atoms with E-state index in [1.54, 1.807) is 50.2 Å². The number of ether oxygens (including phenoxy) is 1. The molecule has 38 heavy (non-hydrogen) atoms. The van der Waals surface area contributed by atoms with Crippen LogP contribution >= 0.6 is 11.6 Å². The molecule has 3 N–H and O–H groups in total. The van der Waals surface area contributed by atoms with Crippen LogP contribution in [0, 0.1) is 6.92 Å². The zero-order chi connectivity index (χ0) is 27.9. The number of carbonyl (C=O) groups is 2. The lowest BCUT2D eigenvalue weighted by Gasteiger charge is -2.18. The Bertz CT molecular complexity index is 1520. The fourth-order valence-electron chi connectivity index (χ4n) is 3.69. The van der Waals surface area contributed by atoms with E-state index >= 15 is 0 Å². The number of anilines is 2. The van der Waals surface area contributed by atoms with E-state index in [1.165, 1.54) is 22.8 Å². The number of aromatic nitrogens is 1. The topological polar surface area (TPSA) is 136 Å². The molecule has 10 nitrogen and oxygen atoms in total. The number of benzene rings is 2. The fourth-order valence-corrected chi connectivity index (χ4v) is 5.07. The van der Waals surface area contributed by atoms with Gasteiger partial charge in [0.15, 0.2) is 6.61 Å². The van der Waals surface area contributed by atoms with Gasteiger partial charge in [0.2, 0.25) is 16.4 Å². The number of nitrogens with one attached hydrogen (secondary N) is 3. The Kier molecular flexibility index (Phi) is 9.32. The minimum absolute atomic E-state index is 0.00852. The maximum Gasteiger partial charge on any atom is 0.277 e. The normalized spacial score (nSPS) is 10.9. The molecule has 0 atom stereocenters. The molecule has 0 aliphatic carbocycles. The summed E-state index contributed by atoms with van der Waals surface area (Å²) in [6.07, 6.45) is 0.445. The summed E-state index contributed by atoms with van der Waals surface area (Å²) in [6.45, 7) is 6.97. The van der Waals surface area contributed by atoms with Crippen molar-refractivity contribution in [3.05, 3.63) is 93.4 Å². The molecule has 0 saturated heterocycles. The molecule has 200 valence electrons. The Balaban J connectivity index is 1.85. The largest absolute Gasteiger partial charge is 0.483 e. The summed E-state index contributed by atoms with van der Waals surface area (Å²) in [7, 11) is -3.99. The first-order chi connectivity index (χ1) is 18.0. The third-order valence-corrected chi connectivity index (χ3v) is 6.88. The van der Waals surface area contributed by atoms with E-state index in [-0.39, 0.29) is 28.6 Å². The van der Waals surface area contributed by atoms with Crippen LogP contribution in [-0.2, 0) is 31.9 Å². The molecule has 0 fully saturated rings. The monoisotopic (exact) mass is 558 g/mol. The lowest BCUT2D eigenvalue weighted by Crippen LogP contribution is -2.30. The van der Waals surface area contributed by atoms with Crippen molar-refractivity contribution in [2.24, 2.45) is 0 Å². The highest BCUT2D eigenvalue weighted by atomic mass is 35.5. The summed E-state index contributed by atoms with van der Waals surface area (Å²) in [6, 6.07) is 14.6. The number of halogens is 1. The zero-order valence-electron chi connectivity index (χ0n) is 20.8. The molecule has 2 amide bonds. The predicted octanol–water partition coefficient (Wildman–Crippen LogP) is 3.51. The quantitative estimate of drug-likeness (QED) is 0.291. The van der Waals surface area contributed by atoms with Gasteiger partial charge < -0.3 is 19.9 Å². The first kappa shape index (κ1) is 28.5. The van der Waals surface area contributed by atoms with Gasteiger partial charge in [0.25, 0.3) is 11.5 Å². The second-order valence-electron chi connectivity index (χ2n) is 8.19. The molecule has 0 bridgehead atoms. The van der Waals surface area contributed by atoms with Crippen molar-refractivity contribution in [2.45, 2.75) is 26.1 Å². The predicted molar refractivity (Wildman–Crippen MR) is 148 cm³/mol. The summed E-state index contributed by atoms with van der Waals surface area (Å²) in [5.41, 5.74) is 0.752. The van der Waals surface area contributed by atoms with Crippen LogP contribution in [-0.4, -0.2) is 31.9 Å². The smallest absolute Gasteiger partial charge is 0.277 e. The second-order valence-corrected chi connectivity index (χ2v) is 10.3. The molecule has 0 radical (unpaired) electrons. The number of aryl methyl sites for hydroxylation is 1. The number of rotatable bonds is 12. The Labute approximate surface area is 225 Å². The van der Waals surface area contributed by atoms with Crippen LogP contribution in [0.15, 0.2) is 66.0 Å². The van der Waals surface area contributed by atoms with Gasteiger partial charge in [-0.25, -0.2) is 8.42 Å². The lowest BCUT2D eigenvalue weighted by atomic mass is 10.1. The molecule has 0 unspecified atom stereocenters. The molecular weight excluding hydrogens is 532 g/mol. The summed E-state index contributed by atoms with van der Waals surface area (Å²) in [4.78, 5) is 36.7. The number of carbonyl (C=O) groups excluding carboxylic acids is 2. The Morgan fingerprint density at radius 2 is 1.87 bits per heavy atom. The molecule has 3 aromatic rings. The molecular formula is C26H27ClN4O6S. The van der Waals surface area contributed by atoms with Gasteiger partial charge in [-0.1, -0.05) is 48.5 Å². The first-order valence-electron chi connectivity index (χ1n) is 11.4. The maximum atomic E-state index is 13.1. The van der Waals surface area contributed by atoms with Gasteiger partial charge >= 0.3 is 0 Å². The van der Waals surface area contributed by atoms with Gasteiger partial charge in [0, 0.05) is 28.5 Å². The third-order valence-electron chi connectivity index (χ3n) is 5.41. The third kappa shape index (κ3) is 7.24. The van der Waals surface area contributed by atoms with E-state index in [1.807, 2.05) is 0 Å². The number of nitrogens with zero attached hydrogens (tertiary/aromatic N) is 1. The number of hydrogen-bond donors (Lipinski definition) is 3. The number of amides is 2. The first-order valence-corrected chi connectivity index (χ1v) is 13.5. The second kappa shape index (κ2) is 12.4. The van der Waals surface area contributed by atoms with Crippen LogP contribution in [0.2, 0.25) is 5.02 Å². The summed E-state index contributed by atoms with van der Waals surface area (Å²) in [5, 5.41) is 5.34. The van der Waals surface area contributed by atoms with E-state index in [2.05, 4.69) is 21.9 Å². The van der Waals surface area contributed by atoms with Gasteiger partial charge in [0.05, 0.1) is 11.4 Å². The molecule has 3 rings (SSSR count). The van der Waals surface area contributed by atoms with Gasteiger partial charge in [-0.2, -0.15) is 0 Å². The minimum atomic E-state index is -3.99. The SMILES string of the molecule is C=C(NC=O)c1cc(Cl)ccc1OCC(=O)Nc1cc(C)n(CC)c(=O)c1NS(=O)(=O)Cc1ccccc1. The van der Waals surface area contributed by atoms with Crippen molar-refractivity contribution < 1.29 is 22.7 Å². The van der Waals surface area contributed by atoms with Gasteiger partial charge in [-0.3, -0.25) is 19.1 Å². The molecule has 1 aromatic heterocycles. The molecule has 2 aromatic carbocycles. The highest BCUT2D eigenvalue weighted by Gasteiger charge is 2.21. The lowest BCUT2D eigenvalue weighted by molar-refractivity contribution is -0.118. The number of hydrogen-bond acceptors (Lipinski definition) is 6. The fraction of sp³-hybridized carbons (Fsp3) is 0.192. The van der Waals surface area contributed by atoms with Crippen LogP contribution in [0.25, 0.3) is 5.70 Å². The Morgan fingerprint density at radius 3 is 2.53 bits per heavy atom. The minimum Gasteiger partial charge on any atom is -0.483 e. The van der Waals surface area contributed by atoms with Crippen LogP contribution in [0.5, 0.6) is 5.75 Å². The number of pyridine rings is 1. The van der Waals surface area contributed by atoms with E-state index < -0.39 is 28.1 Å². The van der Waals surface area contributed by atoms with Crippen LogP contribution in [0.1, 0.15) is 23.7 Å². The van der Waals surface area contributed by atoms with Crippen LogP contribution in [0.4, 0.5) is 11.4 Å². The van der Waals surface area contributed by atoms with Crippen molar-refractivity contribution in [3.8, 4) is 5.75 Å². The van der Waals surface area contributed by atoms with Crippen LogP contribution < -0.4 is 25.7 Å². The van der Waals surface area contributed by atoms with E-state index in [4.69, 9.17) is 16.3 Å². The zero-order valence-corrected chi connectivity index (χ0v) is 22.4. The van der Waals surface area contributed by atoms with Crippen molar-refractivity contribution >= 4 is 51.0 Å². The van der Waals surface area contributed by atoms with Crippen molar-refractivity contribution in [1.29, 1.82) is 0 Å². The highest BCUT2D eigenvalue weighted by molar-refractivity contribution is 7.91. The van der Waals surface area contributed by atoms with Gasteiger partial charge in [-0.05, 0) is 43.7 Å². The standard InChI is InChI=1S/C26H27ClN4O6S/c1-4-31-17(2)12-22(25(26(31)34)30-38(35,36)15-19-8-6-5-7-9-19)29-24(33)14-37-23-11-10-20(27)13-21(23)18(3)28-16-32/h5-13,16,30H,3-4,14-15H2,1-2H3,(H,28,32)(H,29,33). The number of sulfonamides is 1. The molecule has 0 spiro atoms. The van der Waals surface area contributed by atoms with E-state index in [0.29, 0.717) is 34.8 Å². The average molecular weight is 559 g/mol. The van der Waals surface area contributed by atoms with Gasteiger partial charge in [-0.15, -0.1) is 0 Å². The van der Waals surface area contributed by atoms with E-state index in [0.717, 1.165) is 0 Å². The Morgan fingerprint density at radius 1 is 1.16 bits per heavy atom. The highest BCUT2D eigenvalue weighted by Crippen LogP contribution is 2.27. The molecule has 1 heterocycles. The summed E-state index contributed by atoms with van der Waals surface area (Å²) < 4.78 is 35.1. The molecule has 0 aliphatic rings.